The van der Waals surface area contributed by atoms with Crippen LogP contribution in [0.25, 0.3) is 16.6 Å². The van der Waals surface area contributed by atoms with Crippen LogP contribution in [0.5, 0.6) is 5.75 Å². The molecule has 1 heterocycles. The Labute approximate surface area is 165 Å². The van der Waals surface area contributed by atoms with Crippen molar-refractivity contribution in [3.05, 3.63) is 89.0 Å². The maximum Gasteiger partial charge on any atom is 0.248 e. The summed E-state index contributed by atoms with van der Waals surface area (Å²) in [5, 5.41) is 0.0487. The number of allylic oxidation sites excluding steroid dienone is 4. The zero-order valence-corrected chi connectivity index (χ0v) is 15.3. The summed E-state index contributed by atoms with van der Waals surface area (Å²) >= 11 is 5.69. The molecule has 3 aromatic rings. The highest BCUT2D eigenvalue weighted by Gasteiger charge is 2.12. The van der Waals surface area contributed by atoms with Crippen molar-refractivity contribution < 1.29 is 13.9 Å². The fourth-order valence-corrected chi connectivity index (χ4v) is 2.95. The number of benzene rings is 2. The predicted molar refractivity (Wildman–Crippen MR) is 107 cm³/mol. The Kier molecular flexibility index (Phi) is 4.71. The number of H-pyrrole nitrogens is 1. The molecule has 140 valence electrons. The number of aromatic nitrogens is 2. The van der Waals surface area contributed by atoms with Gasteiger partial charge in [-0.15, -0.1) is 0 Å². The van der Waals surface area contributed by atoms with Crippen molar-refractivity contribution >= 4 is 34.1 Å². The summed E-state index contributed by atoms with van der Waals surface area (Å²) in [7, 11) is 0. The molecule has 0 spiro atoms. The Balaban J connectivity index is 1.55. The van der Waals surface area contributed by atoms with Gasteiger partial charge in [-0.3, -0.25) is 4.79 Å². The molecule has 1 aromatic heterocycles. The molecule has 0 radical (unpaired) electrons. The van der Waals surface area contributed by atoms with Crippen LogP contribution in [0.4, 0.5) is 4.39 Å². The number of rotatable bonds is 4. The predicted octanol–water partition coefficient (Wildman–Crippen LogP) is 4.41. The third-order valence-corrected chi connectivity index (χ3v) is 4.55. The number of nitrogens with two attached hydrogens (primary N) is 1. The molecule has 1 aliphatic carbocycles. The summed E-state index contributed by atoms with van der Waals surface area (Å²) in [6, 6.07) is 9.37. The first-order valence-corrected chi connectivity index (χ1v) is 8.86. The largest absolute Gasteiger partial charge is 0.482 e. The molecule has 5 nitrogen and oxygen atoms in total. The van der Waals surface area contributed by atoms with E-state index in [9.17, 15) is 9.18 Å². The average Bonchev–Trinajstić information content (AvgIpc) is 2.96. The number of imidazole rings is 1. The van der Waals surface area contributed by atoms with Crippen molar-refractivity contribution in [1.82, 2.24) is 9.97 Å². The number of aromatic amines is 1. The van der Waals surface area contributed by atoms with Crippen LogP contribution in [0.1, 0.15) is 16.2 Å². The van der Waals surface area contributed by atoms with Gasteiger partial charge in [0.15, 0.2) is 0 Å². The van der Waals surface area contributed by atoms with Crippen molar-refractivity contribution in [1.29, 1.82) is 0 Å². The number of amides is 1. The van der Waals surface area contributed by atoms with Crippen LogP contribution in [0.15, 0.2) is 66.8 Å². The molecule has 0 saturated heterocycles. The molecular weight excluding hydrogens is 381 g/mol. The SMILES string of the molecule is NC(=O)c1ccc2nc(C3=CC=CC(Oc4ccc(Cl)c(F)c4)C=C3)[nH]c2c1. The molecule has 0 bridgehead atoms. The molecule has 0 saturated carbocycles. The summed E-state index contributed by atoms with van der Waals surface area (Å²) in [6.45, 7) is 0. The van der Waals surface area contributed by atoms with Crippen molar-refractivity contribution in [2.24, 2.45) is 5.73 Å². The molecule has 2 aromatic carbocycles. The first kappa shape index (κ1) is 18.0. The summed E-state index contributed by atoms with van der Waals surface area (Å²) in [4.78, 5) is 19.1. The maximum absolute atomic E-state index is 13.6. The number of primary amides is 1. The third kappa shape index (κ3) is 3.68. The third-order valence-electron chi connectivity index (χ3n) is 4.25. The van der Waals surface area contributed by atoms with Crippen molar-refractivity contribution in [2.45, 2.75) is 6.10 Å². The van der Waals surface area contributed by atoms with Gasteiger partial charge in [0.2, 0.25) is 5.91 Å². The standard InChI is InChI=1S/C21H15ClFN3O2/c22-16-8-7-15(11-17(16)23)28-14-3-1-2-12(4-6-14)21-25-18-9-5-13(20(24)27)10-19(18)26-21/h1-11,14H,(H2,24,27)(H,25,26). The highest BCUT2D eigenvalue weighted by molar-refractivity contribution is 6.30. The van der Waals surface area contributed by atoms with E-state index in [2.05, 4.69) is 9.97 Å². The van der Waals surface area contributed by atoms with Gasteiger partial charge in [-0.2, -0.15) is 0 Å². The highest BCUT2D eigenvalue weighted by atomic mass is 35.5. The van der Waals surface area contributed by atoms with Crippen molar-refractivity contribution in [2.75, 3.05) is 0 Å². The first-order valence-electron chi connectivity index (χ1n) is 8.48. The van der Waals surface area contributed by atoms with Gasteiger partial charge in [0.1, 0.15) is 23.5 Å². The van der Waals surface area contributed by atoms with Crippen molar-refractivity contribution in [3.63, 3.8) is 0 Å². The number of carbonyl (C=O) groups is 1. The van der Waals surface area contributed by atoms with Gasteiger partial charge in [0, 0.05) is 17.2 Å². The van der Waals surface area contributed by atoms with E-state index in [4.69, 9.17) is 22.1 Å². The van der Waals surface area contributed by atoms with Gasteiger partial charge in [-0.05, 0) is 42.5 Å². The van der Waals surface area contributed by atoms with Crippen LogP contribution in [-0.4, -0.2) is 22.0 Å². The number of fused-ring (bicyclic) bond motifs is 1. The van der Waals surface area contributed by atoms with Crippen LogP contribution < -0.4 is 10.5 Å². The van der Waals surface area contributed by atoms with Crippen LogP contribution in [0.2, 0.25) is 5.02 Å². The Morgan fingerprint density at radius 1 is 1.21 bits per heavy atom. The van der Waals surface area contributed by atoms with Gasteiger partial charge in [0.25, 0.3) is 0 Å². The van der Waals surface area contributed by atoms with Gasteiger partial charge >= 0.3 is 0 Å². The molecule has 3 N–H and O–H groups in total. The van der Waals surface area contributed by atoms with E-state index in [1.807, 2.05) is 30.4 Å². The number of hydrogen-bond acceptors (Lipinski definition) is 3. The van der Waals surface area contributed by atoms with Gasteiger partial charge in [-0.1, -0.05) is 29.8 Å². The number of ether oxygens (including phenoxy) is 1. The Morgan fingerprint density at radius 3 is 2.86 bits per heavy atom. The molecule has 1 aliphatic rings. The first-order chi connectivity index (χ1) is 13.5. The second-order valence-electron chi connectivity index (χ2n) is 6.21. The molecule has 1 unspecified atom stereocenters. The molecular formula is C21H15ClFN3O2. The van der Waals surface area contributed by atoms with E-state index in [1.54, 1.807) is 24.3 Å². The lowest BCUT2D eigenvalue weighted by atomic mass is 10.2. The van der Waals surface area contributed by atoms with Crippen LogP contribution >= 0.6 is 11.6 Å². The topological polar surface area (TPSA) is 81.0 Å². The zero-order chi connectivity index (χ0) is 19.7. The van der Waals surface area contributed by atoms with Gasteiger partial charge in [0.05, 0.1) is 16.1 Å². The number of halogens is 2. The second kappa shape index (κ2) is 7.32. The van der Waals surface area contributed by atoms with E-state index in [1.165, 1.54) is 12.1 Å². The molecule has 0 fully saturated rings. The summed E-state index contributed by atoms with van der Waals surface area (Å²) in [5.74, 6) is 0.00781. The fourth-order valence-electron chi connectivity index (χ4n) is 2.83. The lowest BCUT2D eigenvalue weighted by Crippen LogP contribution is -2.10. The summed E-state index contributed by atoms with van der Waals surface area (Å²) in [5.41, 5.74) is 8.02. The van der Waals surface area contributed by atoms with Crippen LogP contribution in [0, 0.1) is 5.82 Å². The normalized spacial score (nSPS) is 16.1. The Morgan fingerprint density at radius 2 is 2.07 bits per heavy atom. The van der Waals surface area contributed by atoms with Crippen molar-refractivity contribution in [3.8, 4) is 5.75 Å². The highest BCUT2D eigenvalue weighted by Crippen LogP contribution is 2.24. The smallest absolute Gasteiger partial charge is 0.248 e. The van der Waals surface area contributed by atoms with E-state index in [0.29, 0.717) is 17.1 Å². The molecule has 1 atom stereocenters. The zero-order valence-electron chi connectivity index (χ0n) is 14.5. The minimum absolute atomic E-state index is 0.0487. The quantitative estimate of drug-likeness (QED) is 0.686. The van der Waals surface area contributed by atoms with Gasteiger partial charge < -0.3 is 15.5 Å². The maximum atomic E-state index is 13.6. The summed E-state index contributed by atoms with van der Waals surface area (Å²) in [6.07, 6.45) is 8.89. The lowest BCUT2D eigenvalue weighted by Gasteiger charge is -2.11. The number of hydrogen-bond donors (Lipinski definition) is 2. The lowest BCUT2D eigenvalue weighted by molar-refractivity contribution is 0.100. The van der Waals surface area contributed by atoms with E-state index < -0.39 is 11.7 Å². The number of carbonyl (C=O) groups excluding carboxylic acids is 1. The molecule has 4 rings (SSSR count). The van der Waals surface area contributed by atoms with E-state index in [0.717, 1.165) is 16.6 Å². The number of nitrogens with one attached hydrogen (secondary N) is 1. The molecule has 0 aliphatic heterocycles. The minimum atomic E-state index is -0.530. The van der Waals surface area contributed by atoms with E-state index in [-0.39, 0.29) is 11.1 Å². The van der Waals surface area contributed by atoms with Gasteiger partial charge in [-0.25, -0.2) is 9.37 Å². The molecule has 28 heavy (non-hydrogen) atoms. The minimum Gasteiger partial charge on any atom is -0.482 e. The molecule has 1 amide bonds. The Bertz CT molecular complexity index is 1160. The molecule has 7 heteroatoms. The van der Waals surface area contributed by atoms with E-state index >= 15 is 0 Å². The number of nitrogens with zero attached hydrogens (tertiary/aromatic N) is 1. The average molecular weight is 396 g/mol. The monoisotopic (exact) mass is 395 g/mol. The summed E-state index contributed by atoms with van der Waals surface area (Å²) < 4.78 is 19.3. The fraction of sp³-hybridized carbons (Fsp3) is 0.0476. The van der Waals surface area contributed by atoms with Crippen LogP contribution in [0.3, 0.4) is 0 Å². The Hall–Kier alpha value is -3.38. The second-order valence-corrected chi connectivity index (χ2v) is 6.61. The van der Waals surface area contributed by atoms with Crippen LogP contribution in [-0.2, 0) is 0 Å².